The first-order chi connectivity index (χ1) is 6.74. The number of hydrogen-bond donors (Lipinski definition) is 1. The Morgan fingerprint density at radius 1 is 1.50 bits per heavy atom. The SMILES string of the molecule is CNCCC#Cc1ccc(Cl)c(Br)c1. The third-order valence-electron chi connectivity index (χ3n) is 1.65. The van der Waals surface area contributed by atoms with Gasteiger partial charge < -0.3 is 5.32 Å². The van der Waals surface area contributed by atoms with Crippen molar-refractivity contribution < 1.29 is 0 Å². The summed E-state index contributed by atoms with van der Waals surface area (Å²) < 4.78 is 0.889. The molecule has 0 saturated heterocycles. The summed E-state index contributed by atoms with van der Waals surface area (Å²) in [5.41, 5.74) is 0.984. The molecule has 0 unspecified atom stereocenters. The molecule has 14 heavy (non-hydrogen) atoms. The van der Waals surface area contributed by atoms with Gasteiger partial charge in [0.1, 0.15) is 0 Å². The van der Waals surface area contributed by atoms with E-state index in [0.717, 1.165) is 23.0 Å². The fourth-order valence-corrected chi connectivity index (χ4v) is 1.42. The summed E-state index contributed by atoms with van der Waals surface area (Å²) in [6.07, 6.45) is 0.858. The van der Waals surface area contributed by atoms with E-state index in [4.69, 9.17) is 11.6 Å². The molecule has 3 heteroatoms. The van der Waals surface area contributed by atoms with Crippen LogP contribution in [0.1, 0.15) is 12.0 Å². The lowest BCUT2D eigenvalue weighted by Gasteiger charge is -1.95. The minimum atomic E-state index is 0.714. The molecule has 0 amide bonds. The maximum Gasteiger partial charge on any atom is 0.0548 e. The average Bonchev–Trinajstić information content (AvgIpc) is 2.18. The van der Waals surface area contributed by atoms with E-state index in [1.165, 1.54) is 0 Å². The number of nitrogens with one attached hydrogen (secondary N) is 1. The molecule has 0 aliphatic heterocycles. The number of hydrogen-bond acceptors (Lipinski definition) is 1. The van der Waals surface area contributed by atoms with Crippen LogP contribution in [-0.2, 0) is 0 Å². The summed E-state index contributed by atoms with van der Waals surface area (Å²) in [5, 5.41) is 3.76. The topological polar surface area (TPSA) is 12.0 Å². The van der Waals surface area contributed by atoms with Crippen molar-refractivity contribution >= 4 is 27.5 Å². The van der Waals surface area contributed by atoms with Gasteiger partial charge in [-0.05, 0) is 41.2 Å². The first kappa shape index (κ1) is 11.6. The van der Waals surface area contributed by atoms with Crippen LogP contribution in [-0.4, -0.2) is 13.6 Å². The number of halogens is 2. The highest BCUT2D eigenvalue weighted by Crippen LogP contribution is 2.22. The lowest BCUT2D eigenvalue weighted by molar-refractivity contribution is 0.818. The fraction of sp³-hybridized carbons (Fsp3) is 0.273. The first-order valence-corrected chi connectivity index (χ1v) is 5.49. The van der Waals surface area contributed by atoms with E-state index >= 15 is 0 Å². The lowest BCUT2D eigenvalue weighted by Crippen LogP contribution is -2.05. The highest BCUT2D eigenvalue weighted by molar-refractivity contribution is 9.10. The van der Waals surface area contributed by atoms with Crippen molar-refractivity contribution in [3.05, 3.63) is 33.3 Å². The zero-order valence-electron chi connectivity index (χ0n) is 7.90. The summed E-state index contributed by atoms with van der Waals surface area (Å²) >= 11 is 9.22. The van der Waals surface area contributed by atoms with Gasteiger partial charge in [-0.2, -0.15) is 0 Å². The Kier molecular flexibility index (Phi) is 5.03. The van der Waals surface area contributed by atoms with Crippen molar-refractivity contribution in [1.29, 1.82) is 0 Å². The Bertz CT molecular complexity index is 365. The number of rotatable bonds is 2. The lowest BCUT2D eigenvalue weighted by atomic mass is 10.2. The number of benzene rings is 1. The molecular weight excluding hydrogens is 261 g/mol. The van der Waals surface area contributed by atoms with Crippen molar-refractivity contribution in [2.75, 3.05) is 13.6 Å². The molecule has 74 valence electrons. The molecule has 1 aromatic carbocycles. The van der Waals surface area contributed by atoms with Gasteiger partial charge in [-0.1, -0.05) is 23.4 Å². The Hall–Kier alpha value is -0.490. The third kappa shape index (κ3) is 3.71. The molecule has 0 spiro atoms. The minimum absolute atomic E-state index is 0.714. The maximum atomic E-state index is 5.86. The third-order valence-corrected chi connectivity index (χ3v) is 2.87. The van der Waals surface area contributed by atoms with Gasteiger partial charge in [-0.25, -0.2) is 0 Å². The van der Waals surface area contributed by atoms with E-state index < -0.39 is 0 Å². The molecule has 0 aliphatic carbocycles. The zero-order chi connectivity index (χ0) is 10.4. The fourth-order valence-electron chi connectivity index (χ4n) is 0.926. The van der Waals surface area contributed by atoms with Crippen LogP contribution in [0.3, 0.4) is 0 Å². The Balaban J connectivity index is 2.66. The summed E-state index contributed by atoms with van der Waals surface area (Å²) in [7, 11) is 1.92. The van der Waals surface area contributed by atoms with Crippen molar-refractivity contribution in [1.82, 2.24) is 5.32 Å². The van der Waals surface area contributed by atoms with Crippen molar-refractivity contribution in [2.24, 2.45) is 0 Å². The van der Waals surface area contributed by atoms with Crippen LogP contribution < -0.4 is 5.32 Å². The van der Waals surface area contributed by atoms with E-state index in [2.05, 4.69) is 33.1 Å². The van der Waals surface area contributed by atoms with Gasteiger partial charge in [-0.15, -0.1) is 0 Å². The molecule has 1 N–H and O–H groups in total. The zero-order valence-corrected chi connectivity index (χ0v) is 10.2. The summed E-state index contributed by atoms with van der Waals surface area (Å²) in [4.78, 5) is 0. The Morgan fingerprint density at radius 3 is 2.93 bits per heavy atom. The van der Waals surface area contributed by atoms with Crippen LogP contribution in [0.25, 0.3) is 0 Å². The van der Waals surface area contributed by atoms with Gasteiger partial charge in [0.25, 0.3) is 0 Å². The van der Waals surface area contributed by atoms with Gasteiger partial charge in [0.05, 0.1) is 5.02 Å². The van der Waals surface area contributed by atoms with Gasteiger partial charge in [0, 0.05) is 23.0 Å². The average molecular weight is 273 g/mol. The van der Waals surface area contributed by atoms with Gasteiger partial charge in [-0.3, -0.25) is 0 Å². The molecule has 1 aromatic rings. The molecule has 0 bridgehead atoms. The highest BCUT2D eigenvalue weighted by Gasteiger charge is 1.95. The second-order valence-electron chi connectivity index (χ2n) is 2.78. The van der Waals surface area contributed by atoms with Crippen LogP contribution in [0.2, 0.25) is 5.02 Å². The Labute approximate surface area is 98.0 Å². The smallest absolute Gasteiger partial charge is 0.0548 e. The summed E-state index contributed by atoms with van der Waals surface area (Å²) in [6.45, 7) is 0.918. The van der Waals surface area contributed by atoms with Crippen LogP contribution in [0.4, 0.5) is 0 Å². The molecular formula is C11H11BrClN. The van der Waals surface area contributed by atoms with Crippen LogP contribution in [0.15, 0.2) is 22.7 Å². The largest absolute Gasteiger partial charge is 0.319 e. The Morgan fingerprint density at radius 2 is 2.29 bits per heavy atom. The van der Waals surface area contributed by atoms with Crippen LogP contribution >= 0.6 is 27.5 Å². The molecule has 0 saturated carbocycles. The van der Waals surface area contributed by atoms with Crippen LogP contribution in [0, 0.1) is 11.8 Å². The second-order valence-corrected chi connectivity index (χ2v) is 4.05. The van der Waals surface area contributed by atoms with Crippen LogP contribution in [0.5, 0.6) is 0 Å². The minimum Gasteiger partial charge on any atom is -0.319 e. The van der Waals surface area contributed by atoms with Gasteiger partial charge in [0.2, 0.25) is 0 Å². The molecule has 0 atom stereocenters. The standard InChI is InChI=1S/C11H11BrClN/c1-14-7-3-2-4-9-5-6-11(13)10(12)8-9/h5-6,8,14H,3,7H2,1H3. The van der Waals surface area contributed by atoms with E-state index in [-0.39, 0.29) is 0 Å². The molecule has 0 heterocycles. The highest BCUT2D eigenvalue weighted by atomic mass is 79.9. The van der Waals surface area contributed by atoms with Gasteiger partial charge >= 0.3 is 0 Å². The van der Waals surface area contributed by atoms with E-state index in [1.54, 1.807) is 0 Å². The molecule has 0 aliphatic rings. The van der Waals surface area contributed by atoms with Crippen molar-refractivity contribution in [3.8, 4) is 11.8 Å². The second kappa shape index (κ2) is 6.08. The first-order valence-electron chi connectivity index (χ1n) is 4.32. The molecule has 0 radical (unpaired) electrons. The molecule has 1 rings (SSSR count). The molecule has 1 nitrogen and oxygen atoms in total. The van der Waals surface area contributed by atoms with Crippen molar-refractivity contribution in [2.45, 2.75) is 6.42 Å². The summed E-state index contributed by atoms with van der Waals surface area (Å²) in [6, 6.07) is 5.68. The maximum absolute atomic E-state index is 5.86. The van der Waals surface area contributed by atoms with Gasteiger partial charge in [0.15, 0.2) is 0 Å². The van der Waals surface area contributed by atoms with E-state index in [9.17, 15) is 0 Å². The normalized spacial score (nSPS) is 9.36. The quantitative estimate of drug-likeness (QED) is 0.644. The van der Waals surface area contributed by atoms with E-state index in [0.29, 0.717) is 5.02 Å². The monoisotopic (exact) mass is 271 g/mol. The molecule has 0 fully saturated rings. The summed E-state index contributed by atoms with van der Waals surface area (Å²) in [5.74, 6) is 6.14. The van der Waals surface area contributed by atoms with E-state index in [1.807, 2.05) is 25.2 Å². The predicted molar refractivity (Wildman–Crippen MR) is 64.6 cm³/mol. The predicted octanol–water partition coefficient (Wildman–Crippen LogP) is 3.06. The van der Waals surface area contributed by atoms with Crippen molar-refractivity contribution in [3.63, 3.8) is 0 Å². The molecule has 0 aromatic heterocycles.